The fraction of sp³-hybridized carbons (Fsp3) is 0.316. The Morgan fingerprint density at radius 2 is 1.97 bits per heavy atom. The second-order valence-corrected chi connectivity index (χ2v) is 9.37. The lowest BCUT2D eigenvalue weighted by molar-refractivity contribution is 0.415. The maximum Gasteiger partial charge on any atom is 0.230 e. The van der Waals surface area contributed by atoms with Crippen molar-refractivity contribution in [2.45, 2.75) is 20.4 Å². The molecule has 0 aliphatic rings. The third-order valence-corrected chi connectivity index (χ3v) is 4.88. The van der Waals surface area contributed by atoms with Gasteiger partial charge in [-0.3, -0.25) is 4.72 Å². The lowest BCUT2D eigenvalue weighted by Gasteiger charge is -2.15. The van der Waals surface area contributed by atoms with Gasteiger partial charge in [-0.05, 0) is 18.1 Å². The molecular weight excluding hydrogens is 442 g/mol. The summed E-state index contributed by atoms with van der Waals surface area (Å²) in [6.45, 7) is 4.94. The van der Waals surface area contributed by atoms with E-state index in [0.29, 0.717) is 34.8 Å². The monoisotopic (exact) mass is 465 g/mol. The van der Waals surface area contributed by atoms with Crippen LogP contribution in [0.25, 0.3) is 0 Å². The molecule has 0 spiro atoms. The molecule has 0 aliphatic carbocycles. The van der Waals surface area contributed by atoms with E-state index < -0.39 is 10.0 Å². The van der Waals surface area contributed by atoms with Crippen LogP contribution < -0.4 is 20.1 Å². The van der Waals surface area contributed by atoms with E-state index in [2.05, 4.69) is 44.3 Å². The molecule has 0 saturated heterocycles. The molecule has 0 aliphatic heterocycles. The van der Waals surface area contributed by atoms with Crippen LogP contribution in [0.4, 0.5) is 29.0 Å². The van der Waals surface area contributed by atoms with Crippen LogP contribution in [0.15, 0.2) is 36.7 Å². The molecule has 0 bridgehead atoms. The van der Waals surface area contributed by atoms with Crippen molar-refractivity contribution < 1.29 is 13.2 Å². The van der Waals surface area contributed by atoms with Crippen molar-refractivity contribution in [2.24, 2.45) is 5.92 Å². The van der Waals surface area contributed by atoms with Crippen LogP contribution in [0.3, 0.4) is 0 Å². The molecule has 3 aromatic rings. The Bertz CT molecular complexity index is 1170. The van der Waals surface area contributed by atoms with E-state index >= 15 is 0 Å². The molecule has 0 atom stereocenters. The van der Waals surface area contributed by atoms with Crippen LogP contribution in [-0.2, 0) is 16.6 Å². The molecule has 10 nitrogen and oxygen atoms in total. The smallest absolute Gasteiger partial charge is 0.230 e. The van der Waals surface area contributed by atoms with Gasteiger partial charge in [0, 0.05) is 18.7 Å². The van der Waals surface area contributed by atoms with Gasteiger partial charge in [0.25, 0.3) is 0 Å². The Morgan fingerprint density at radius 3 is 2.65 bits per heavy atom. The van der Waals surface area contributed by atoms with Crippen molar-refractivity contribution in [3.8, 4) is 5.75 Å². The highest BCUT2D eigenvalue weighted by molar-refractivity contribution is 7.92. The Labute approximate surface area is 186 Å². The topological polar surface area (TPSA) is 123 Å². The van der Waals surface area contributed by atoms with Gasteiger partial charge in [0.1, 0.15) is 16.6 Å². The van der Waals surface area contributed by atoms with E-state index in [0.717, 1.165) is 18.6 Å². The molecular formula is C19H24ClN7O3S. The Balaban J connectivity index is 1.89. The Kier molecular flexibility index (Phi) is 6.86. The summed E-state index contributed by atoms with van der Waals surface area (Å²) in [5, 5.41) is 10.8. The maximum atomic E-state index is 11.8. The summed E-state index contributed by atoms with van der Waals surface area (Å²) in [5.74, 6) is 2.26. The number of sulfonamides is 1. The number of halogens is 1. The van der Waals surface area contributed by atoms with Crippen LogP contribution in [0.5, 0.6) is 5.75 Å². The first-order chi connectivity index (χ1) is 14.6. The number of hydrogen-bond donors (Lipinski definition) is 3. The van der Waals surface area contributed by atoms with Crippen molar-refractivity contribution in [3.05, 3.63) is 41.7 Å². The summed E-state index contributed by atoms with van der Waals surface area (Å²) >= 11 is 6.28. The largest absolute Gasteiger partial charge is 0.497 e. The minimum atomic E-state index is -3.52. The molecule has 166 valence electrons. The van der Waals surface area contributed by atoms with E-state index in [-0.39, 0.29) is 5.02 Å². The van der Waals surface area contributed by atoms with Gasteiger partial charge in [0.15, 0.2) is 5.82 Å². The predicted molar refractivity (Wildman–Crippen MR) is 122 cm³/mol. The summed E-state index contributed by atoms with van der Waals surface area (Å²) in [4.78, 5) is 8.65. The normalized spacial score (nSPS) is 11.4. The molecule has 2 heterocycles. The van der Waals surface area contributed by atoms with Crippen molar-refractivity contribution in [3.63, 3.8) is 0 Å². The third-order valence-electron chi connectivity index (χ3n) is 4.01. The minimum absolute atomic E-state index is 0.266. The molecule has 0 amide bonds. The van der Waals surface area contributed by atoms with Crippen molar-refractivity contribution >= 4 is 50.6 Å². The molecule has 31 heavy (non-hydrogen) atoms. The highest BCUT2D eigenvalue weighted by atomic mass is 35.5. The van der Waals surface area contributed by atoms with Crippen LogP contribution in [0.2, 0.25) is 5.02 Å². The summed E-state index contributed by atoms with van der Waals surface area (Å²) in [7, 11) is -2.02. The third kappa shape index (κ3) is 6.22. The quantitative estimate of drug-likeness (QED) is 0.435. The first-order valence-corrected chi connectivity index (χ1v) is 11.7. The number of ether oxygens (including phenoxy) is 1. The predicted octanol–water partition coefficient (Wildman–Crippen LogP) is 3.85. The lowest BCUT2D eigenvalue weighted by Crippen LogP contribution is -2.12. The van der Waals surface area contributed by atoms with Gasteiger partial charge in [-0.2, -0.15) is 10.1 Å². The van der Waals surface area contributed by atoms with Crippen LogP contribution in [0, 0.1) is 5.92 Å². The molecule has 12 heteroatoms. The lowest BCUT2D eigenvalue weighted by atomic mass is 10.2. The zero-order valence-corrected chi connectivity index (χ0v) is 19.1. The molecule has 0 radical (unpaired) electrons. The number of nitrogens with one attached hydrogen (secondary N) is 3. The molecule has 3 rings (SSSR count). The van der Waals surface area contributed by atoms with Gasteiger partial charge < -0.3 is 15.4 Å². The average molecular weight is 466 g/mol. The molecule has 1 aromatic carbocycles. The number of aromatic nitrogens is 4. The van der Waals surface area contributed by atoms with Crippen LogP contribution >= 0.6 is 11.6 Å². The van der Waals surface area contributed by atoms with Crippen LogP contribution in [0.1, 0.15) is 13.8 Å². The zero-order chi connectivity index (χ0) is 22.6. The first-order valence-electron chi connectivity index (χ1n) is 9.39. The molecule has 2 aromatic heterocycles. The van der Waals surface area contributed by atoms with Gasteiger partial charge >= 0.3 is 0 Å². The highest BCUT2D eigenvalue weighted by Gasteiger charge is 2.14. The first kappa shape index (κ1) is 22.6. The van der Waals surface area contributed by atoms with Crippen molar-refractivity contribution in [2.75, 3.05) is 28.7 Å². The number of nitrogens with zero attached hydrogens (tertiary/aromatic N) is 4. The van der Waals surface area contributed by atoms with Crippen molar-refractivity contribution in [1.29, 1.82) is 0 Å². The maximum absolute atomic E-state index is 11.8. The number of hydrogen-bond acceptors (Lipinski definition) is 8. The fourth-order valence-electron chi connectivity index (χ4n) is 2.73. The van der Waals surface area contributed by atoms with Crippen LogP contribution in [-0.4, -0.2) is 41.5 Å². The van der Waals surface area contributed by atoms with E-state index in [9.17, 15) is 8.42 Å². The average Bonchev–Trinajstić information content (AvgIpc) is 3.10. The van der Waals surface area contributed by atoms with E-state index in [1.807, 2.05) is 10.7 Å². The number of benzene rings is 1. The summed E-state index contributed by atoms with van der Waals surface area (Å²) in [6, 6.07) is 6.73. The number of rotatable bonds is 9. The molecule has 3 N–H and O–H groups in total. The SMILES string of the molecule is COc1ccc(Nc2nc(Nc3ccnn3CC(C)C)ncc2Cl)c(NS(C)(=O)=O)c1. The van der Waals surface area contributed by atoms with Gasteiger partial charge in [-0.25, -0.2) is 18.1 Å². The highest BCUT2D eigenvalue weighted by Crippen LogP contribution is 2.32. The van der Waals surface area contributed by atoms with Crippen molar-refractivity contribution in [1.82, 2.24) is 19.7 Å². The molecule has 0 fully saturated rings. The second-order valence-electron chi connectivity index (χ2n) is 7.22. The fourth-order valence-corrected chi connectivity index (χ4v) is 3.44. The minimum Gasteiger partial charge on any atom is -0.497 e. The van der Waals surface area contributed by atoms with E-state index in [4.69, 9.17) is 16.3 Å². The number of anilines is 5. The summed E-state index contributed by atoms with van der Waals surface area (Å²) < 4.78 is 33.0. The number of methoxy groups -OCH3 is 1. The Morgan fingerprint density at radius 1 is 1.19 bits per heavy atom. The molecule has 0 unspecified atom stereocenters. The summed E-state index contributed by atoms with van der Waals surface area (Å²) in [5.41, 5.74) is 0.740. The van der Waals surface area contributed by atoms with E-state index in [1.165, 1.54) is 13.3 Å². The standard InChI is InChI=1S/C19H24ClN7O3S/c1-12(2)11-27-17(7-8-22-27)24-19-21-10-14(20)18(25-19)23-15-6-5-13(30-3)9-16(15)26-31(4,28)29/h5-10,12,26H,11H2,1-4H3,(H2,21,23,24,25). The zero-order valence-electron chi connectivity index (χ0n) is 17.5. The van der Waals surface area contributed by atoms with Gasteiger partial charge in [-0.15, -0.1) is 0 Å². The second kappa shape index (κ2) is 9.40. The van der Waals surface area contributed by atoms with E-state index in [1.54, 1.807) is 24.4 Å². The summed E-state index contributed by atoms with van der Waals surface area (Å²) in [6.07, 6.45) is 4.21. The Hall–Kier alpha value is -3.05. The van der Waals surface area contributed by atoms with Gasteiger partial charge in [-0.1, -0.05) is 25.4 Å². The van der Waals surface area contributed by atoms with Gasteiger partial charge in [0.2, 0.25) is 16.0 Å². The molecule has 0 saturated carbocycles. The van der Waals surface area contributed by atoms with Gasteiger partial charge in [0.05, 0.1) is 37.1 Å².